The lowest BCUT2D eigenvalue weighted by atomic mass is 10.1. The van der Waals surface area contributed by atoms with Crippen LogP contribution in [0.5, 0.6) is 0 Å². The van der Waals surface area contributed by atoms with Gasteiger partial charge in [0.15, 0.2) is 0 Å². The van der Waals surface area contributed by atoms with Crippen LogP contribution in [-0.4, -0.2) is 16.6 Å². The number of nitrogens with zero attached hydrogens (tertiary/aromatic N) is 1. The molecular weight excluding hydrogens is 326 g/mol. The second-order valence-corrected chi connectivity index (χ2v) is 7.24. The first-order valence-corrected chi connectivity index (χ1v) is 9.43. The van der Waals surface area contributed by atoms with Gasteiger partial charge in [-0.3, -0.25) is 4.79 Å². The third-order valence-corrected chi connectivity index (χ3v) is 5.62. The monoisotopic (exact) mass is 345 g/mol. The van der Waals surface area contributed by atoms with Gasteiger partial charge in [0.05, 0.1) is 6.04 Å². The molecule has 1 heterocycles. The molecule has 3 aromatic rings. The first-order chi connectivity index (χ1) is 12.3. The zero-order valence-electron chi connectivity index (χ0n) is 13.8. The number of rotatable bonds is 5. The molecular formula is C22H19NOS. The van der Waals surface area contributed by atoms with Crippen LogP contribution in [0.25, 0.3) is 0 Å². The van der Waals surface area contributed by atoms with Crippen LogP contribution in [0.15, 0.2) is 89.8 Å². The summed E-state index contributed by atoms with van der Waals surface area (Å²) in [5.41, 5.74) is 3.15. The highest BCUT2D eigenvalue weighted by atomic mass is 32.2. The number of hydrogen-bond donors (Lipinski definition) is 0. The molecule has 0 saturated carbocycles. The Kier molecular flexibility index (Phi) is 4.57. The van der Waals surface area contributed by atoms with E-state index in [1.165, 1.54) is 10.5 Å². The van der Waals surface area contributed by atoms with E-state index in [0.717, 1.165) is 16.9 Å². The summed E-state index contributed by atoms with van der Waals surface area (Å²) in [7, 11) is 0. The molecule has 1 aliphatic rings. The Morgan fingerprint density at radius 1 is 0.800 bits per heavy atom. The van der Waals surface area contributed by atoms with Crippen molar-refractivity contribution < 1.29 is 4.79 Å². The Labute approximate surface area is 152 Å². The molecule has 0 saturated heterocycles. The fourth-order valence-electron chi connectivity index (χ4n) is 3.28. The van der Waals surface area contributed by atoms with Crippen molar-refractivity contribution in [2.75, 3.05) is 5.75 Å². The molecule has 1 unspecified atom stereocenters. The summed E-state index contributed by atoms with van der Waals surface area (Å²) in [6, 6.07) is 28.7. The Morgan fingerprint density at radius 2 is 1.44 bits per heavy atom. The summed E-state index contributed by atoms with van der Waals surface area (Å²) >= 11 is 1.80. The van der Waals surface area contributed by atoms with Crippen LogP contribution < -0.4 is 0 Å². The van der Waals surface area contributed by atoms with Crippen molar-refractivity contribution in [1.82, 2.24) is 4.90 Å². The summed E-state index contributed by atoms with van der Waals surface area (Å²) in [4.78, 5) is 16.2. The van der Waals surface area contributed by atoms with Gasteiger partial charge in [-0.25, -0.2) is 0 Å². The average Bonchev–Trinajstić information content (AvgIpc) is 2.94. The van der Waals surface area contributed by atoms with Crippen LogP contribution in [0.1, 0.15) is 27.5 Å². The maximum Gasteiger partial charge on any atom is 0.255 e. The predicted octanol–water partition coefficient (Wildman–Crippen LogP) is 5.18. The maximum atomic E-state index is 12.9. The zero-order chi connectivity index (χ0) is 17.1. The second-order valence-electron chi connectivity index (χ2n) is 6.15. The van der Waals surface area contributed by atoms with Gasteiger partial charge >= 0.3 is 0 Å². The highest BCUT2D eigenvalue weighted by Gasteiger charge is 2.36. The van der Waals surface area contributed by atoms with E-state index < -0.39 is 0 Å². The van der Waals surface area contributed by atoms with Gasteiger partial charge in [0.25, 0.3) is 5.91 Å². The average molecular weight is 345 g/mol. The highest BCUT2D eigenvalue weighted by molar-refractivity contribution is 7.99. The van der Waals surface area contributed by atoms with E-state index in [2.05, 4.69) is 42.5 Å². The van der Waals surface area contributed by atoms with E-state index in [0.29, 0.717) is 6.54 Å². The normalized spacial score (nSPS) is 16.1. The molecule has 0 bridgehead atoms. The molecule has 1 amide bonds. The van der Waals surface area contributed by atoms with E-state index >= 15 is 0 Å². The van der Waals surface area contributed by atoms with Crippen molar-refractivity contribution in [2.45, 2.75) is 17.5 Å². The number of amides is 1. The van der Waals surface area contributed by atoms with Gasteiger partial charge < -0.3 is 4.90 Å². The maximum absolute atomic E-state index is 12.9. The number of carbonyl (C=O) groups is 1. The van der Waals surface area contributed by atoms with Gasteiger partial charge in [0.2, 0.25) is 0 Å². The van der Waals surface area contributed by atoms with Crippen molar-refractivity contribution in [2.24, 2.45) is 0 Å². The number of benzene rings is 3. The van der Waals surface area contributed by atoms with Gasteiger partial charge in [0.1, 0.15) is 0 Å². The quantitative estimate of drug-likeness (QED) is 0.594. The summed E-state index contributed by atoms with van der Waals surface area (Å²) in [5, 5.41) is 0. The SMILES string of the molecule is O=C1c2ccccc2C(CSc2ccccc2)N1Cc1ccccc1. The minimum absolute atomic E-state index is 0.106. The Balaban J connectivity index is 1.60. The Bertz CT molecular complexity index is 863. The minimum Gasteiger partial charge on any atom is -0.326 e. The van der Waals surface area contributed by atoms with Gasteiger partial charge in [-0.1, -0.05) is 66.7 Å². The van der Waals surface area contributed by atoms with E-state index in [1.807, 2.05) is 47.4 Å². The van der Waals surface area contributed by atoms with Crippen molar-refractivity contribution in [3.05, 3.63) is 102 Å². The van der Waals surface area contributed by atoms with E-state index in [1.54, 1.807) is 11.8 Å². The van der Waals surface area contributed by atoms with E-state index in [4.69, 9.17) is 0 Å². The van der Waals surface area contributed by atoms with Crippen molar-refractivity contribution in [3.63, 3.8) is 0 Å². The van der Waals surface area contributed by atoms with Gasteiger partial charge in [-0.05, 0) is 29.3 Å². The molecule has 2 nitrogen and oxygen atoms in total. The molecule has 0 radical (unpaired) electrons. The molecule has 1 aliphatic heterocycles. The van der Waals surface area contributed by atoms with E-state index in [-0.39, 0.29) is 11.9 Å². The van der Waals surface area contributed by atoms with Crippen LogP contribution in [0, 0.1) is 0 Å². The molecule has 3 heteroatoms. The van der Waals surface area contributed by atoms with Crippen LogP contribution >= 0.6 is 11.8 Å². The molecule has 124 valence electrons. The molecule has 0 aliphatic carbocycles. The van der Waals surface area contributed by atoms with Crippen LogP contribution in [0.4, 0.5) is 0 Å². The van der Waals surface area contributed by atoms with Crippen LogP contribution in [0.3, 0.4) is 0 Å². The summed E-state index contributed by atoms with van der Waals surface area (Å²) < 4.78 is 0. The van der Waals surface area contributed by atoms with Gasteiger partial charge in [-0.2, -0.15) is 0 Å². The molecule has 0 aromatic heterocycles. The number of thioether (sulfide) groups is 1. The smallest absolute Gasteiger partial charge is 0.255 e. The molecule has 25 heavy (non-hydrogen) atoms. The summed E-state index contributed by atoms with van der Waals surface area (Å²) in [6.07, 6.45) is 0. The minimum atomic E-state index is 0.106. The third-order valence-electron chi connectivity index (χ3n) is 4.53. The number of hydrogen-bond acceptors (Lipinski definition) is 2. The van der Waals surface area contributed by atoms with Crippen molar-refractivity contribution >= 4 is 17.7 Å². The van der Waals surface area contributed by atoms with Crippen molar-refractivity contribution in [3.8, 4) is 0 Å². The first kappa shape index (κ1) is 16.0. The van der Waals surface area contributed by atoms with Gasteiger partial charge in [-0.15, -0.1) is 11.8 Å². The fraction of sp³-hybridized carbons (Fsp3) is 0.136. The van der Waals surface area contributed by atoms with Crippen molar-refractivity contribution in [1.29, 1.82) is 0 Å². The molecule has 0 spiro atoms. The van der Waals surface area contributed by atoms with E-state index in [9.17, 15) is 4.79 Å². The Morgan fingerprint density at radius 3 is 2.20 bits per heavy atom. The topological polar surface area (TPSA) is 20.3 Å². The third kappa shape index (κ3) is 3.33. The number of fused-ring (bicyclic) bond motifs is 1. The molecule has 1 atom stereocenters. The fourth-order valence-corrected chi connectivity index (χ4v) is 4.34. The van der Waals surface area contributed by atoms with Gasteiger partial charge in [0, 0.05) is 22.8 Å². The lowest BCUT2D eigenvalue weighted by molar-refractivity contribution is 0.0726. The Hall–Kier alpha value is -2.52. The predicted molar refractivity (Wildman–Crippen MR) is 103 cm³/mol. The highest BCUT2D eigenvalue weighted by Crippen LogP contribution is 2.38. The lowest BCUT2D eigenvalue weighted by Crippen LogP contribution is -2.28. The molecule has 3 aromatic carbocycles. The second kappa shape index (κ2) is 7.16. The first-order valence-electron chi connectivity index (χ1n) is 8.44. The summed E-state index contributed by atoms with van der Waals surface area (Å²) in [5.74, 6) is 0.998. The largest absolute Gasteiger partial charge is 0.326 e. The van der Waals surface area contributed by atoms with Crippen LogP contribution in [0.2, 0.25) is 0 Å². The van der Waals surface area contributed by atoms with Crippen LogP contribution in [-0.2, 0) is 6.54 Å². The molecule has 0 fully saturated rings. The zero-order valence-corrected chi connectivity index (χ0v) is 14.7. The molecule has 0 N–H and O–H groups in total. The standard InChI is InChI=1S/C22H19NOS/c24-22-20-14-8-7-13-19(20)21(16-25-18-11-5-2-6-12-18)23(22)15-17-9-3-1-4-10-17/h1-14,21H,15-16H2. The molecule has 4 rings (SSSR count). The lowest BCUT2D eigenvalue weighted by Gasteiger charge is -2.25. The summed E-state index contributed by atoms with van der Waals surface area (Å²) in [6.45, 7) is 0.647. The number of carbonyl (C=O) groups excluding carboxylic acids is 1.